The van der Waals surface area contributed by atoms with Crippen molar-refractivity contribution in [3.05, 3.63) is 33.9 Å². The van der Waals surface area contributed by atoms with Crippen LogP contribution in [0.4, 0.5) is 5.69 Å². The summed E-state index contributed by atoms with van der Waals surface area (Å²) >= 11 is 1.32. The van der Waals surface area contributed by atoms with Crippen molar-refractivity contribution in [3.8, 4) is 0 Å². The largest absolute Gasteiger partial charge is 0.478 e. The first kappa shape index (κ1) is 13.8. The molecule has 0 amide bonds. The number of benzene rings is 1. The van der Waals surface area contributed by atoms with Gasteiger partial charge in [0.2, 0.25) is 0 Å². The van der Waals surface area contributed by atoms with Gasteiger partial charge in [-0.1, -0.05) is 0 Å². The van der Waals surface area contributed by atoms with Crippen LogP contribution in [0.2, 0.25) is 0 Å². The Hall–Kier alpha value is -1.60. The summed E-state index contributed by atoms with van der Waals surface area (Å²) in [6.07, 6.45) is 0.818. The van der Waals surface area contributed by atoms with E-state index in [4.69, 9.17) is 9.84 Å². The lowest BCUT2D eigenvalue weighted by Gasteiger charge is -2.13. The summed E-state index contributed by atoms with van der Waals surface area (Å²) in [6, 6.07) is 3.85. The molecule has 1 aromatic carbocycles. The Balaban J connectivity index is 2.32. The first-order valence-electron chi connectivity index (χ1n) is 5.79. The molecule has 2 rings (SSSR count). The Kier molecular flexibility index (Phi) is 4.06. The molecule has 1 saturated heterocycles. The summed E-state index contributed by atoms with van der Waals surface area (Å²) in [5, 5.41) is 20.0. The number of nitrogens with zero attached hydrogens (tertiary/aromatic N) is 1. The number of rotatable bonds is 4. The highest BCUT2D eigenvalue weighted by molar-refractivity contribution is 8.00. The van der Waals surface area contributed by atoms with Gasteiger partial charge in [-0.2, -0.15) is 0 Å². The molecular weight excluding hydrogens is 270 g/mol. The van der Waals surface area contributed by atoms with Crippen LogP contribution in [0.5, 0.6) is 0 Å². The zero-order valence-corrected chi connectivity index (χ0v) is 11.1. The molecule has 1 fully saturated rings. The lowest BCUT2D eigenvalue weighted by Crippen LogP contribution is -2.13. The smallest absolute Gasteiger partial charge is 0.335 e. The van der Waals surface area contributed by atoms with Gasteiger partial charge in [0.05, 0.1) is 21.5 Å². The summed E-state index contributed by atoms with van der Waals surface area (Å²) in [4.78, 5) is 21.8. The number of hydrogen-bond donors (Lipinski definition) is 1. The van der Waals surface area contributed by atoms with Crippen molar-refractivity contribution in [1.29, 1.82) is 0 Å². The second-order valence-electron chi connectivity index (χ2n) is 4.27. The van der Waals surface area contributed by atoms with Gasteiger partial charge in [-0.05, 0) is 25.5 Å². The van der Waals surface area contributed by atoms with E-state index in [1.54, 1.807) is 0 Å². The number of carbonyl (C=O) groups is 1. The van der Waals surface area contributed by atoms with Crippen molar-refractivity contribution in [2.24, 2.45) is 0 Å². The van der Waals surface area contributed by atoms with Crippen LogP contribution in [0, 0.1) is 10.1 Å². The SMILES string of the molecule is CC1OCCC1Sc1cc(C(=O)O)ccc1[N+](=O)[O-]. The normalized spacial score (nSPS) is 22.4. The molecule has 1 aliphatic heterocycles. The fourth-order valence-corrected chi connectivity index (χ4v) is 3.19. The van der Waals surface area contributed by atoms with E-state index in [9.17, 15) is 14.9 Å². The number of ether oxygens (including phenoxy) is 1. The van der Waals surface area contributed by atoms with Crippen molar-refractivity contribution < 1.29 is 19.6 Å². The van der Waals surface area contributed by atoms with Crippen molar-refractivity contribution in [1.82, 2.24) is 0 Å². The van der Waals surface area contributed by atoms with E-state index < -0.39 is 10.9 Å². The van der Waals surface area contributed by atoms with Gasteiger partial charge < -0.3 is 9.84 Å². The van der Waals surface area contributed by atoms with Crippen LogP contribution in [-0.4, -0.2) is 34.0 Å². The van der Waals surface area contributed by atoms with Crippen molar-refractivity contribution >= 4 is 23.4 Å². The third-order valence-corrected chi connectivity index (χ3v) is 4.49. The standard InChI is InChI=1S/C12H13NO5S/c1-7-10(4-5-18-7)19-11-6-8(12(14)15)2-3-9(11)13(16)17/h2-3,6-7,10H,4-5H2,1H3,(H,14,15). The first-order valence-corrected chi connectivity index (χ1v) is 6.67. The molecule has 2 atom stereocenters. The molecular formula is C12H13NO5S. The third-order valence-electron chi connectivity index (χ3n) is 2.99. The van der Waals surface area contributed by atoms with Gasteiger partial charge in [0.1, 0.15) is 0 Å². The average molecular weight is 283 g/mol. The summed E-state index contributed by atoms with van der Waals surface area (Å²) in [5.74, 6) is -1.09. The third kappa shape index (κ3) is 3.05. The number of carboxylic acids is 1. The number of aromatic carboxylic acids is 1. The molecule has 102 valence electrons. The monoisotopic (exact) mass is 283 g/mol. The van der Waals surface area contributed by atoms with E-state index in [2.05, 4.69) is 0 Å². The quantitative estimate of drug-likeness (QED) is 0.674. The Labute approximate surface area is 113 Å². The zero-order valence-electron chi connectivity index (χ0n) is 10.2. The van der Waals surface area contributed by atoms with Gasteiger partial charge in [0.25, 0.3) is 5.69 Å². The van der Waals surface area contributed by atoms with E-state index >= 15 is 0 Å². The van der Waals surface area contributed by atoms with Crippen molar-refractivity contribution in [2.45, 2.75) is 29.6 Å². The molecule has 0 spiro atoms. The molecule has 1 N–H and O–H groups in total. The van der Waals surface area contributed by atoms with Crippen LogP contribution in [-0.2, 0) is 4.74 Å². The lowest BCUT2D eigenvalue weighted by atomic mass is 10.2. The minimum Gasteiger partial charge on any atom is -0.478 e. The van der Waals surface area contributed by atoms with Crippen LogP contribution in [0.1, 0.15) is 23.7 Å². The van der Waals surface area contributed by atoms with Crippen LogP contribution >= 0.6 is 11.8 Å². The van der Waals surface area contributed by atoms with Crippen molar-refractivity contribution in [2.75, 3.05) is 6.61 Å². The predicted molar refractivity (Wildman–Crippen MR) is 69.7 cm³/mol. The van der Waals surface area contributed by atoms with Crippen LogP contribution in [0.15, 0.2) is 23.1 Å². The zero-order chi connectivity index (χ0) is 14.0. The number of thioether (sulfide) groups is 1. The summed E-state index contributed by atoms with van der Waals surface area (Å²) in [5.41, 5.74) is -0.00577. The maximum absolute atomic E-state index is 11.0. The topological polar surface area (TPSA) is 89.7 Å². The summed E-state index contributed by atoms with van der Waals surface area (Å²) in [7, 11) is 0. The molecule has 1 heterocycles. The van der Waals surface area contributed by atoms with Crippen LogP contribution < -0.4 is 0 Å². The van der Waals surface area contributed by atoms with E-state index in [1.807, 2.05) is 6.92 Å². The second-order valence-corrected chi connectivity index (χ2v) is 5.55. The minimum absolute atomic E-state index is 0.0121. The molecule has 2 unspecified atom stereocenters. The number of hydrogen-bond acceptors (Lipinski definition) is 5. The number of carboxylic acid groups (broad SMARTS) is 1. The van der Waals surface area contributed by atoms with E-state index in [-0.39, 0.29) is 22.6 Å². The maximum atomic E-state index is 11.0. The molecule has 6 nitrogen and oxygen atoms in total. The predicted octanol–water partition coefficient (Wildman–Crippen LogP) is 2.56. The molecule has 0 aromatic heterocycles. The molecule has 0 bridgehead atoms. The molecule has 1 aliphatic rings. The highest BCUT2D eigenvalue weighted by atomic mass is 32.2. The first-order chi connectivity index (χ1) is 8.99. The highest BCUT2D eigenvalue weighted by Gasteiger charge is 2.28. The second kappa shape index (κ2) is 5.58. The summed E-state index contributed by atoms with van der Waals surface area (Å²) in [6.45, 7) is 2.54. The van der Waals surface area contributed by atoms with Crippen LogP contribution in [0.25, 0.3) is 0 Å². The number of nitro groups is 1. The van der Waals surface area contributed by atoms with E-state index in [0.29, 0.717) is 11.5 Å². The molecule has 19 heavy (non-hydrogen) atoms. The number of nitro benzene ring substituents is 1. The van der Waals surface area contributed by atoms with Gasteiger partial charge >= 0.3 is 5.97 Å². The molecule has 0 aliphatic carbocycles. The fraction of sp³-hybridized carbons (Fsp3) is 0.417. The molecule has 7 heteroatoms. The average Bonchev–Trinajstić information content (AvgIpc) is 2.74. The van der Waals surface area contributed by atoms with Gasteiger partial charge in [-0.15, -0.1) is 11.8 Å². The molecule has 1 aromatic rings. The van der Waals surface area contributed by atoms with Gasteiger partial charge in [-0.3, -0.25) is 10.1 Å². The van der Waals surface area contributed by atoms with Gasteiger partial charge in [-0.25, -0.2) is 4.79 Å². The highest BCUT2D eigenvalue weighted by Crippen LogP contribution is 2.38. The van der Waals surface area contributed by atoms with Crippen molar-refractivity contribution in [3.63, 3.8) is 0 Å². The Bertz CT molecular complexity index is 519. The fourth-order valence-electron chi connectivity index (χ4n) is 1.92. The Morgan fingerprint density at radius 3 is 2.84 bits per heavy atom. The van der Waals surface area contributed by atoms with Crippen LogP contribution in [0.3, 0.4) is 0 Å². The summed E-state index contributed by atoms with van der Waals surface area (Å²) < 4.78 is 5.41. The maximum Gasteiger partial charge on any atom is 0.335 e. The Morgan fingerprint density at radius 1 is 1.58 bits per heavy atom. The van der Waals surface area contributed by atoms with Gasteiger partial charge in [0, 0.05) is 17.9 Å². The van der Waals surface area contributed by atoms with E-state index in [1.165, 1.54) is 30.0 Å². The molecule has 0 radical (unpaired) electrons. The Morgan fingerprint density at radius 2 is 2.32 bits per heavy atom. The van der Waals surface area contributed by atoms with E-state index in [0.717, 1.165) is 6.42 Å². The lowest BCUT2D eigenvalue weighted by molar-refractivity contribution is -0.387. The molecule has 0 saturated carbocycles. The van der Waals surface area contributed by atoms with Gasteiger partial charge in [0.15, 0.2) is 0 Å². The minimum atomic E-state index is -1.09.